The first-order valence-electron chi connectivity index (χ1n) is 35.5. The fourth-order valence-electron chi connectivity index (χ4n) is 15.3. The average molecular weight is 1340 g/mol. The van der Waals surface area contributed by atoms with E-state index in [0.717, 1.165) is 123 Å². The highest BCUT2D eigenvalue weighted by Crippen LogP contribution is 2.57. The van der Waals surface area contributed by atoms with E-state index in [2.05, 4.69) is 304 Å². The molecule has 6 aromatic heterocycles. The van der Waals surface area contributed by atoms with Crippen molar-refractivity contribution in [1.29, 1.82) is 0 Å². The van der Waals surface area contributed by atoms with Crippen LogP contribution in [-0.4, -0.2) is 26.6 Å². The van der Waals surface area contributed by atoms with Crippen LogP contribution in [0.2, 0.25) is 0 Å². The lowest BCUT2D eigenvalue weighted by Gasteiger charge is -2.45. The molecule has 2 aliphatic heterocycles. The van der Waals surface area contributed by atoms with Gasteiger partial charge in [-0.3, -0.25) is 19.9 Å². The van der Waals surface area contributed by atoms with Crippen LogP contribution >= 0.6 is 11.3 Å². The Kier molecular flexibility index (Phi) is 15.3. The van der Waals surface area contributed by atoms with Crippen LogP contribution in [0.1, 0.15) is 105 Å². The number of aromatic nitrogens is 4. The number of benzene rings is 9. The Morgan fingerprint density at radius 2 is 1.00 bits per heavy atom. The molecular weight excluding hydrogens is 1260 g/mol. The van der Waals surface area contributed by atoms with Gasteiger partial charge in [0.1, 0.15) is 5.76 Å². The second kappa shape index (κ2) is 24.3. The van der Waals surface area contributed by atoms with Gasteiger partial charge in [0.15, 0.2) is 0 Å². The molecular formula is C92H80BN7OS. The molecule has 2 aliphatic rings. The van der Waals surface area contributed by atoms with Crippen molar-refractivity contribution in [2.24, 2.45) is 0 Å². The Morgan fingerprint density at radius 3 is 1.73 bits per heavy atom. The molecule has 498 valence electrons. The van der Waals surface area contributed by atoms with Crippen LogP contribution < -0.4 is 30.4 Å². The van der Waals surface area contributed by atoms with Crippen molar-refractivity contribution < 1.29 is 4.42 Å². The summed E-state index contributed by atoms with van der Waals surface area (Å²) in [4.78, 5) is 28.0. The van der Waals surface area contributed by atoms with Crippen LogP contribution in [0.15, 0.2) is 272 Å². The predicted molar refractivity (Wildman–Crippen MR) is 431 cm³/mol. The minimum absolute atomic E-state index is 0.0768. The van der Waals surface area contributed by atoms with E-state index in [1.54, 1.807) is 0 Å². The molecule has 8 nitrogen and oxygen atoms in total. The number of para-hydroxylation sites is 1. The standard InChI is InChI=1S/C92H80BN7OS/c1-89(2,3)61-36-39-65(40-37-61)98(75-35-20-19-31-67(75)68-32-24-46-96-84(68)74-34-21-22-44-94-74)66-41-43-73-77(55-66)99(76-48-59-30-23-45-95-83(59)85-69(76)33-25-47-97-85)78-52-64(92(10,11)12)53-79-82(78)93(73)88-87(70-42-38-62(90(4,5)6)54-81(70)102-88)100(79)86-71(58-28-17-14-18-29-58)50-63(91(7,8)9)51-72(86)80-49-60(56-101-80)57-26-15-13-16-27-57/h13-56H,1-12H3. The monoisotopic (exact) mass is 1340 g/mol. The highest BCUT2D eigenvalue weighted by molar-refractivity contribution is 7.33. The van der Waals surface area contributed by atoms with Gasteiger partial charge in [-0.15, -0.1) is 11.3 Å². The Labute approximate surface area is 602 Å². The topological polar surface area (TPSA) is 74.4 Å². The Morgan fingerprint density at radius 1 is 0.392 bits per heavy atom. The molecule has 0 fully saturated rings. The summed E-state index contributed by atoms with van der Waals surface area (Å²) < 4.78 is 9.57. The lowest BCUT2D eigenvalue weighted by atomic mass is 9.36. The van der Waals surface area contributed by atoms with Gasteiger partial charge in [-0.1, -0.05) is 210 Å². The first kappa shape index (κ1) is 64.2. The first-order chi connectivity index (χ1) is 49.1. The summed E-state index contributed by atoms with van der Waals surface area (Å²) in [5, 5.41) is 3.20. The van der Waals surface area contributed by atoms with Crippen molar-refractivity contribution in [3.63, 3.8) is 0 Å². The highest BCUT2D eigenvalue weighted by Gasteiger charge is 2.48. The second-order valence-corrected chi connectivity index (χ2v) is 32.6. The molecule has 0 amide bonds. The van der Waals surface area contributed by atoms with Crippen LogP contribution in [0.5, 0.6) is 0 Å². The maximum atomic E-state index is 7.07. The molecule has 0 bridgehead atoms. The number of anilines is 9. The number of furan rings is 1. The third-order valence-electron chi connectivity index (χ3n) is 20.7. The van der Waals surface area contributed by atoms with E-state index in [4.69, 9.17) is 24.4 Å². The maximum absolute atomic E-state index is 7.07. The fraction of sp³-hybridized carbons (Fsp3) is 0.174. The fourth-order valence-corrected chi connectivity index (χ4v) is 16.7. The number of pyridine rings is 4. The Balaban J connectivity index is 1.01. The lowest BCUT2D eigenvalue weighted by molar-refractivity contribution is 0.579. The van der Waals surface area contributed by atoms with Crippen molar-refractivity contribution in [2.45, 2.75) is 105 Å². The van der Waals surface area contributed by atoms with Gasteiger partial charge in [0.25, 0.3) is 6.71 Å². The number of thiophene rings is 1. The van der Waals surface area contributed by atoms with Crippen LogP contribution in [0.3, 0.4) is 0 Å². The number of rotatable bonds is 10. The Bertz CT molecular complexity index is 5780. The van der Waals surface area contributed by atoms with Crippen molar-refractivity contribution >= 4 is 117 Å². The molecule has 10 heteroatoms. The summed E-state index contributed by atoms with van der Waals surface area (Å²) >= 11 is 1.94. The Hall–Kier alpha value is -11.2. The smallest absolute Gasteiger partial charge is 0.264 e. The SMILES string of the molecule is CC(C)(C)c1ccc(N(c2ccc3c(c2)N(c2cc4cccnc4c4ncccc24)c2cc(C(C)(C)C)cc4c2B3c2sc3cc(C(C)(C)C)ccc3c2N4c2c(-c3ccccc3)cc(C(C)(C)C)cc2-c2cc(-c3ccccc3)co2)c2ccccc2-c2cccnc2-c2ccccn2)cc1. The zero-order valence-electron chi connectivity index (χ0n) is 59.9. The van der Waals surface area contributed by atoms with E-state index in [9.17, 15) is 0 Å². The molecule has 17 rings (SSSR count). The quantitative estimate of drug-likeness (QED) is 0.0990. The largest absolute Gasteiger partial charge is 0.464 e. The van der Waals surface area contributed by atoms with Crippen molar-refractivity contribution in [2.75, 3.05) is 14.7 Å². The highest BCUT2D eigenvalue weighted by atomic mass is 32.1. The number of nitrogens with zero attached hydrogens (tertiary/aromatic N) is 7. The van der Waals surface area contributed by atoms with Gasteiger partial charge in [-0.25, -0.2) is 0 Å². The minimum Gasteiger partial charge on any atom is -0.464 e. The van der Waals surface area contributed by atoms with E-state index in [0.29, 0.717) is 0 Å². The van der Waals surface area contributed by atoms with E-state index >= 15 is 0 Å². The second-order valence-electron chi connectivity index (χ2n) is 31.5. The number of hydrogen-bond donors (Lipinski definition) is 0. The third-order valence-corrected chi connectivity index (χ3v) is 21.9. The van der Waals surface area contributed by atoms with Gasteiger partial charge < -0.3 is 19.1 Å². The van der Waals surface area contributed by atoms with Gasteiger partial charge >= 0.3 is 0 Å². The molecule has 0 radical (unpaired) electrons. The predicted octanol–water partition coefficient (Wildman–Crippen LogP) is 23.5. The zero-order chi connectivity index (χ0) is 70.1. The molecule has 0 atom stereocenters. The van der Waals surface area contributed by atoms with Crippen molar-refractivity contribution in [3.05, 3.63) is 290 Å². The molecule has 0 aliphatic carbocycles. The van der Waals surface area contributed by atoms with E-state index in [-0.39, 0.29) is 28.4 Å². The number of fused-ring (bicyclic) bond motifs is 9. The molecule has 8 heterocycles. The normalized spacial score (nSPS) is 13.0. The summed E-state index contributed by atoms with van der Waals surface area (Å²) in [5.74, 6) is 0.796. The van der Waals surface area contributed by atoms with Crippen LogP contribution in [-0.2, 0) is 21.7 Å². The van der Waals surface area contributed by atoms with Gasteiger partial charge in [-0.05, 0) is 175 Å². The molecule has 15 aromatic rings. The molecule has 0 saturated carbocycles. The molecule has 0 spiro atoms. The summed E-state index contributed by atoms with van der Waals surface area (Å²) in [6.45, 7) is 27.6. The zero-order valence-corrected chi connectivity index (χ0v) is 60.7. The number of hydrogen-bond acceptors (Lipinski definition) is 9. The average Bonchev–Trinajstić information content (AvgIpc) is 1.24. The molecule has 9 aromatic carbocycles. The van der Waals surface area contributed by atoms with Gasteiger partial charge in [0.05, 0.1) is 51.4 Å². The molecule has 102 heavy (non-hydrogen) atoms. The molecule has 0 N–H and O–H groups in total. The summed E-state index contributed by atoms with van der Waals surface area (Å²) in [7, 11) is 0. The van der Waals surface area contributed by atoms with Crippen molar-refractivity contribution in [1.82, 2.24) is 19.9 Å². The van der Waals surface area contributed by atoms with E-state index in [1.165, 1.54) is 53.7 Å². The molecule has 0 unspecified atom stereocenters. The summed E-state index contributed by atoms with van der Waals surface area (Å²) in [6, 6.07) is 87.6. The lowest BCUT2D eigenvalue weighted by Crippen LogP contribution is -2.60. The van der Waals surface area contributed by atoms with Gasteiger partial charge in [0, 0.05) is 107 Å². The minimum atomic E-state index is -0.344. The third kappa shape index (κ3) is 11.0. The van der Waals surface area contributed by atoms with Gasteiger partial charge in [0.2, 0.25) is 0 Å². The van der Waals surface area contributed by atoms with E-state index < -0.39 is 0 Å². The van der Waals surface area contributed by atoms with Gasteiger partial charge in [-0.2, -0.15) is 0 Å². The van der Waals surface area contributed by atoms with E-state index in [1.807, 2.05) is 72.7 Å². The summed E-state index contributed by atoms with van der Waals surface area (Å²) in [6.07, 6.45) is 9.45. The van der Waals surface area contributed by atoms with Crippen LogP contribution in [0, 0.1) is 0 Å². The maximum Gasteiger partial charge on any atom is 0.264 e. The van der Waals surface area contributed by atoms with Crippen molar-refractivity contribution in [3.8, 4) is 56.1 Å². The van der Waals surface area contributed by atoms with Crippen LogP contribution in [0.25, 0.3) is 88.0 Å². The molecule has 0 saturated heterocycles. The van der Waals surface area contributed by atoms with Crippen LogP contribution in [0.4, 0.5) is 51.2 Å². The first-order valence-corrected chi connectivity index (χ1v) is 36.3. The summed E-state index contributed by atoms with van der Waals surface area (Å²) in [5.41, 5.74) is 26.8.